The van der Waals surface area contributed by atoms with E-state index in [2.05, 4.69) is 20.8 Å². The number of nitrogens with zero attached hydrogens (tertiary/aromatic N) is 1. The summed E-state index contributed by atoms with van der Waals surface area (Å²) in [4.78, 5) is 3.34. The lowest BCUT2D eigenvalue weighted by molar-refractivity contribution is 1.20. The van der Waals surface area contributed by atoms with E-state index in [9.17, 15) is 0 Å². The number of halogens is 1. The Balaban J connectivity index is 3.05. The van der Waals surface area contributed by atoms with Crippen LogP contribution in [0.3, 0.4) is 0 Å². The molecule has 0 aliphatic carbocycles. The van der Waals surface area contributed by atoms with Crippen molar-refractivity contribution in [3.63, 3.8) is 0 Å². The molecule has 1 aromatic rings. The number of benzene rings is 1. The van der Waals surface area contributed by atoms with Crippen molar-refractivity contribution in [3.05, 3.63) is 45.2 Å². The second-order valence-electron chi connectivity index (χ2n) is 2.39. The third-order valence-electron chi connectivity index (χ3n) is 1.56. The molecule has 0 fully saturated rings. The summed E-state index contributed by atoms with van der Waals surface area (Å²) in [7, 11) is 0. The van der Waals surface area contributed by atoms with E-state index >= 15 is 0 Å². The molecule has 0 radical (unpaired) electrons. The lowest BCUT2D eigenvalue weighted by Gasteiger charge is -1.98. The standard InChI is InChI=1S/C9H8BrN/c1-7-3-4-9(10)5-8(7)6-11-2/h3-5H,6H2,1H3. The second-order valence-corrected chi connectivity index (χ2v) is 3.30. The van der Waals surface area contributed by atoms with Gasteiger partial charge in [0.1, 0.15) is 0 Å². The molecule has 0 spiro atoms. The maximum absolute atomic E-state index is 6.72. The first-order valence-electron chi connectivity index (χ1n) is 3.32. The third-order valence-corrected chi connectivity index (χ3v) is 2.05. The zero-order valence-corrected chi connectivity index (χ0v) is 7.85. The van der Waals surface area contributed by atoms with E-state index in [1.807, 2.05) is 25.1 Å². The maximum Gasteiger partial charge on any atom is 0.240 e. The summed E-state index contributed by atoms with van der Waals surface area (Å²) in [5, 5.41) is 0. The van der Waals surface area contributed by atoms with E-state index in [0.717, 1.165) is 10.0 Å². The molecule has 1 aromatic carbocycles. The van der Waals surface area contributed by atoms with Gasteiger partial charge in [-0.3, -0.25) is 0 Å². The van der Waals surface area contributed by atoms with Crippen LogP contribution in [-0.2, 0) is 6.54 Å². The van der Waals surface area contributed by atoms with E-state index in [1.54, 1.807) is 0 Å². The van der Waals surface area contributed by atoms with Crippen LogP contribution in [0.4, 0.5) is 0 Å². The van der Waals surface area contributed by atoms with Crippen molar-refractivity contribution in [1.82, 2.24) is 0 Å². The van der Waals surface area contributed by atoms with E-state index in [4.69, 9.17) is 6.57 Å². The summed E-state index contributed by atoms with van der Waals surface area (Å²) in [5.74, 6) is 0. The van der Waals surface area contributed by atoms with Gasteiger partial charge >= 0.3 is 0 Å². The first kappa shape index (κ1) is 8.29. The largest absolute Gasteiger partial charge is 0.312 e. The summed E-state index contributed by atoms with van der Waals surface area (Å²) < 4.78 is 1.04. The van der Waals surface area contributed by atoms with E-state index in [-0.39, 0.29) is 0 Å². The van der Waals surface area contributed by atoms with Crippen LogP contribution in [0.15, 0.2) is 22.7 Å². The van der Waals surface area contributed by atoms with Crippen molar-refractivity contribution in [3.8, 4) is 0 Å². The highest BCUT2D eigenvalue weighted by atomic mass is 79.9. The van der Waals surface area contributed by atoms with Crippen LogP contribution in [-0.4, -0.2) is 0 Å². The normalized spacial score (nSPS) is 9.18. The Morgan fingerprint density at radius 1 is 1.55 bits per heavy atom. The summed E-state index contributed by atoms with van der Waals surface area (Å²) in [6.45, 7) is 9.22. The molecule has 0 atom stereocenters. The number of rotatable bonds is 1. The fraction of sp³-hybridized carbons (Fsp3) is 0.222. The molecule has 1 nitrogen and oxygen atoms in total. The summed E-state index contributed by atoms with van der Waals surface area (Å²) in [5.41, 5.74) is 2.29. The Kier molecular flexibility index (Phi) is 2.67. The topological polar surface area (TPSA) is 4.36 Å². The zero-order chi connectivity index (χ0) is 8.27. The fourth-order valence-electron chi connectivity index (χ4n) is 0.896. The molecule has 0 saturated heterocycles. The molecule has 0 amide bonds. The Bertz CT molecular complexity index is 299. The minimum absolute atomic E-state index is 0.477. The van der Waals surface area contributed by atoms with Gasteiger partial charge < -0.3 is 4.85 Å². The van der Waals surface area contributed by atoms with Gasteiger partial charge in [-0.2, -0.15) is 0 Å². The zero-order valence-electron chi connectivity index (χ0n) is 6.26. The lowest BCUT2D eigenvalue weighted by Crippen LogP contribution is -1.84. The molecule has 11 heavy (non-hydrogen) atoms. The molecule has 1 rings (SSSR count). The molecule has 56 valence electrons. The van der Waals surface area contributed by atoms with E-state index in [0.29, 0.717) is 6.54 Å². The first-order valence-corrected chi connectivity index (χ1v) is 4.11. The maximum atomic E-state index is 6.72. The van der Waals surface area contributed by atoms with Gasteiger partial charge in [0.05, 0.1) is 0 Å². The highest BCUT2D eigenvalue weighted by Gasteiger charge is 1.99. The molecule has 0 bridgehead atoms. The Morgan fingerprint density at radius 2 is 2.27 bits per heavy atom. The first-order chi connectivity index (χ1) is 5.24. The second kappa shape index (κ2) is 3.54. The molecular formula is C9H8BrN. The SMILES string of the molecule is [C-]#[N+]Cc1cc(Br)ccc1C. The third kappa shape index (κ3) is 2.06. The summed E-state index contributed by atoms with van der Waals surface area (Å²) in [6, 6.07) is 6.00. The predicted octanol–water partition coefficient (Wildman–Crippen LogP) is 3.18. The van der Waals surface area contributed by atoms with Gasteiger partial charge in [-0.15, -0.1) is 0 Å². The predicted molar refractivity (Wildman–Crippen MR) is 49.2 cm³/mol. The smallest absolute Gasteiger partial charge is 0.240 e. The van der Waals surface area contributed by atoms with Crippen LogP contribution in [0.25, 0.3) is 4.85 Å². The minimum Gasteiger partial charge on any atom is -0.312 e. The molecule has 0 aromatic heterocycles. The van der Waals surface area contributed by atoms with Crippen molar-refractivity contribution >= 4 is 15.9 Å². The van der Waals surface area contributed by atoms with Crippen LogP contribution in [0.1, 0.15) is 11.1 Å². The molecular weight excluding hydrogens is 202 g/mol. The van der Waals surface area contributed by atoms with Crippen molar-refractivity contribution in [2.75, 3.05) is 0 Å². The molecule has 0 aliphatic heterocycles. The minimum atomic E-state index is 0.477. The van der Waals surface area contributed by atoms with Gasteiger partial charge in [0, 0.05) is 10.0 Å². The van der Waals surface area contributed by atoms with Crippen molar-refractivity contribution in [2.24, 2.45) is 0 Å². The average Bonchev–Trinajstić information content (AvgIpc) is 1.98. The Labute approximate surface area is 75.0 Å². The van der Waals surface area contributed by atoms with Crippen LogP contribution in [0.2, 0.25) is 0 Å². The highest BCUT2D eigenvalue weighted by molar-refractivity contribution is 9.10. The van der Waals surface area contributed by atoms with Crippen molar-refractivity contribution in [1.29, 1.82) is 0 Å². The van der Waals surface area contributed by atoms with Gasteiger partial charge in [0.15, 0.2) is 0 Å². The van der Waals surface area contributed by atoms with Gasteiger partial charge in [0.2, 0.25) is 6.54 Å². The monoisotopic (exact) mass is 209 g/mol. The van der Waals surface area contributed by atoms with Gasteiger partial charge in [-0.05, 0) is 24.6 Å². The van der Waals surface area contributed by atoms with E-state index in [1.165, 1.54) is 5.56 Å². The quantitative estimate of drug-likeness (QED) is 0.627. The van der Waals surface area contributed by atoms with Gasteiger partial charge in [0.25, 0.3) is 0 Å². The lowest BCUT2D eigenvalue weighted by atomic mass is 10.1. The molecule has 0 unspecified atom stereocenters. The molecule has 0 heterocycles. The van der Waals surface area contributed by atoms with Crippen LogP contribution >= 0.6 is 15.9 Å². The number of hydrogen-bond acceptors (Lipinski definition) is 0. The Hall–Kier alpha value is -0.810. The summed E-state index contributed by atoms with van der Waals surface area (Å²) in [6.07, 6.45) is 0. The molecule has 0 aliphatic rings. The fourth-order valence-corrected chi connectivity index (χ4v) is 1.30. The van der Waals surface area contributed by atoms with Crippen molar-refractivity contribution < 1.29 is 0 Å². The number of aryl methyl sites for hydroxylation is 1. The van der Waals surface area contributed by atoms with Crippen molar-refractivity contribution in [2.45, 2.75) is 13.5 Å². The highest BCUT2D eigenvalue weighted by Crippen LogP contribution is 2.16. The molecule has 2 heteroatoms. The molecule has 0 saturated carbocycles. The number of hydrogen-bond donors (Lipinski definition) is 0. The van der Waals surface area contributed by atoms with Gasteiger partial charge in [-0.1, -0.05) is 22.0 Å². The van der Waals surface area contributed by atoms with Crippen LogP contribution in [0.5, 0.6) is 0 Å². The Morgan fingerprint density at radius 3 is 2.91 bits per heavy atom. The summed E-state index contributed by atoms with van der Waals surface area (Å²) >= 11 is 3.36. The van der Waals surface area contributed by atoms with Crippen LogP contribution < -0.4 is 0 Å². The van der Waals surface area contributed by atoms with E-state index < -0.39 is 0 Å². The van der Waals surface area contributed by atoms with Gasteiger partial charge in [-0.25, -0.2) is 6.57 Å². The molecule has 0 N–H and O–H groups in total. The average molecular weight is 210 g/mol. The van der Waals surface area contributed by atoms with Crippen LogP contribution in [0, 0.1) is 13.5 Å².